The highest BCUT2D eigenvalue weighted by Gasteiger charge is 2.14. The van der Waals surface area contributed by atoms with Crippen molar-refractivity contribution < 1.29 is 19.8 Å². The Kier molecular flexibility index (Phi) is 9.32. The number of unbranched alkanes of at least 4 members (excludes halogenated alkanes) is 4. The SMILES string of the molecule is CCCCCCCC(=O)O.N[C@@H](Cc1c[nH]c2ccccc12)C(=O)O. The van der Waals surface area contributed by atoms with Crippen LogP contribution in [0.3, 0.4) is 0 Å². The second kappa shape index (κ2) is 11.3. The van der Waals surface area contributed by atoms with E-state index in [0.29, 0.717) is 12.8 Å². The fourth-order valence-corrected chi connectivity index (χ4v) is 2.50. The van der Waals surface area contributed by atoms with Crippen molar-refractivity contribution in [3.05, 3.63) is 36.0 Å². The Morgan fingerprint density at radius 2 is 1.80 bits per heavy atom. The van der Waals surface area contributed by atoms with E-state index >= 15 is 0 Å². The zero-order chi connectivity index (χ0) is 18.7. The van der Waals surface area contributed by atoms with Crippen LogP contribution >= 0.6 is 0 Å². The van der Waals surface area contributed by atoms with Crippen LogP contribution in [0.2, 0.25) is 0 Å². The van der Waals surface area contributed by atoms with Crippen LogP contribution < -0.4 is 5.73 Å². The summed E-state index contributed by atoms with van der Waals surface area (Å²) in [6.07, 6.45) is 8.04. The van der Waals surface area contributed by atoms with E-state index in [2.05, 4.69) is 11.9 Å². The molecule has 0 aliphatic heterocycles. The number of aromatic amines is 1. The smallest absolute Gasteiger partial charge is 0.320 e. The first kappa shape index (κ1) is 20.7. The lowest BCUT2D eigenvalue weighted by atomic mass is 10.1. The van der Waals surface area contributed by atoms with Crippen molar-refractivity contribution in [1.82, 2.24) is 4.98 Å². The van der Waals surface area contributed by atoms with Gasteiger partial charge >= 0.3 is 11.9 Å². The molecule has 0 amide bonds. The van der Waals surface area contributed by atoms with Crippen molar-refractivity contribution in [3.8, 4) is 0 Å². The van der Waals surface area contributed by atoms with Gasteiger partial charge < -0.3 is 20.9 Å². The zero-order valence-electron chi connectivity index (χ0n) is 14.7. The number of rotatable bonds is 9. The van der Waals surface area contributed by atoms with Crippen molar-refractivity contribution in [3.63, 3.8) is 0 Å². The van der Waals surface area contributed by atoms with Crippen LogP contribution in [0.15, 0.2) is 30.5 Å². The Morgan fingerprint density at radius 3 is 2.44 bits per heavy atom. The number of H-pyrrole nitrogens is 1. The number of carboxylic acids is 2. The van der Waals surface area contributed by atoms with Gasteiger partial charge in [-0.3, -0.25) is 9.59 Å². The second-order valence-corrected chi connectivity index (χ2v) is 6.07. The number of nitrogens with two attached hydrogens (primary N) is 1. The molecule has 1 aromatic heterocycles. The van der Waals surface area contributed by atoms with E-state index in [0.717, 1.165) is 29.3 Å². The molecule has 0 aliphatic rings. The van der Waals surface area contributed by atoms with E-state index in [4.69, 9.17) is 15.9 Å². The maximum Gasteiger partial charge on any atom is 0.320 e. The van der Waals surface area contributed by atoms with Gasteiger partial charge in [-0.15, -0.1) is 0 Å². The molecule has 0 saturated carbocycles. The van der Waals surface area contributed by atoms with Gasteiger partial charge in [0.1, 0.15) is 6.04 Å². The summed E-state index contributed by atoms with van der Waals surface area (Å²) in [5.41, 5.74) is 7.43. The lowest BCUT2D eigenvalue weighted by molar-refractivity contribution is -0.139. The normalized spacial score (nSPS) is 11.6. The third-order valence-corrected chi connectivity index (χ3v) is 3.93. The van der Waals surface area contributed by atoms with Crippen LogP contribution in [-0.4, -0.2) is 33.2 Å². The van der Waals surface area contributed by atoms with Crippen molar-refractivity contribution in [2.75, 3.05) is 0 Å². The summed E-state index contributed by atoms with van der Waals surface area (Å²) in [5.74, 6) is -1.64. The van der Waals surface area contributed by atoms with Gasteiger partial charge in [-0.05, 0) is 18.1 Å². The van der Waals surface area contributed by atoms with Crippen molar-refractivity contribution in [2.45, 2.75) is 57.9 Å². The van der Waals surface area contributed by atoms with Crippen LogP contribution in [0.1, 0.15) is 51.0 Å². The lowest BCUT2D eigenvalue weighted by Crippen LogP contribution is -2.32. The standard InChI is InChI=1S/C11H12N2O2.C8H16O2/c12-9(11(14)15)5-7-6-13-10-4-2-1-3-8(7)10;1-2-3-4-5-6-7-8(9)10/h1-4,6,9,13H,5,12H2,(H,14,15);2-7H2,1H3,(H,9,10)/t9-;/m0./s1. The van der Waals surface area contributed by atoms with E-state index in [-0.39, 0.29) is 0 Å². The van der Waals surface area contributed by atoms with E-state index in [1.165, 1.54) is 19.3 Å². The minimum absolute atomic E-state index is 0.337. The summed E-state index contributed by atoms with van der Waals surface area (Å²) in [7, 11) is 0. The third kappa shape index (κ3) is 7.85. The second-order valence-electron chi connectivity index (χ2n) is 6.07. The lowest BCUT2D eigenvalue weighted by Gasteiger charge is -2.04. The summed E-state index contributed by atoms with van der Waals surface area (Å²) in [4.78, 5) is 23.7. The third-order valence-electron chi connectivity index (χ3n) is 3.93. The molecular weight excluding hydrogens is 320 g/mol. The molecule has 0 unspecified atom stereocenters. The number of para-hydroxylation sites is 1. The van der Waals surface area contributed by atoms with E-state index < -0.39 is 18.0 Å². The molecule has 2 aromatic rings. The average molecular weight is 348 g/mol. The minimum atomic E-state index is -0.972. The highest BCUT2D eigenvalue weighted by Crippen LogP contribution is 2.18. The Bertz CT molecular complexity index is 666. The number of aromatic nitrogens is 1. The highest BCUT2D eigenvalue weighted by atomic mass is 16.4. The summed E-state index contributed by atoms with van der Waals surface area (Å²) in [6, 6.07) is 6.91. The number of fused-ring (bicyclic) bond motifs is 1. The molecule has 0 fully saturated rings. The fraction of sp³-hybridized carbons (Fsp3) is 0.474. The quantitative estimate of drug-likeness (QED) is 0.517. The molecule has 0 spiro atoms. The van der Waals surface area contributed by atoms with Gasteiger partial charge in [0.15, 0.2) is 0 Å². The average Bonchev–Trinajstić information content (AvgIpc) is 2.98. The molecule has 1 heterocycles. The molecule has 1 atom stereocenters. The molecule has 0 radical (unpaired) electrons. The molecule has 6 nitrogen and oxygen atoms in total. The van der Waals surface area contributed by atoms with Crippen molar-refractivity contribution in [2.24, 2.45) is 5.73 Å². The van der Waals surface area contributed by atoms with Gasteiger partial charge in [0.05, 0.1) is 0 Å². The van der Waals surface area contributed by atoms with Crippen LogP contribution in [0.25, 0.3) is 10.9 Å². The Hall–Kier alpha value is -2.34. The largest absolute Gasteiger partial charge is 0.481 e. The van der Waals surface area contributed by atoms with Gasteiger partial charge in [0, 0.05) is 29.9 Å². The first-order valence-electron chi connectivity index (χ1n) is 8.70. The molecule has 2 rings (SSSR count). The Morgan fingerprint density at radius 1 is 1.12 bits per heavy atom. The number of carboxylic acid groups (broad SMARTS) is 2. The summed E-state index contributed by atoms with van der Waals surface area (Å²) < 4.78 is 0. The number of nitrogens with one attached hydrogen (secondary N) is 1. The zero-order valence-corrected chi connectivity index (χ0v) is 14.7. The number of carbonyl (C=O) groups is 2. The maximum atomic E-state index is 10.6. The number of hydrogen-bond acceptors (Lipinski definition) is 3. The Labute approximate surface area is 148 Å². The van der Waals surface area contributed by atoms with Gasteiger partial charge in [-0.25, -0.2) is 0 Å². The van der Waals surface area contributed by atoms with Crippen LogP contribution in [0, 0.1) is 0 Å². The predicted octanol–water partition coefficient (Wildman–Crippen LogP) is 3.55. The molecule has 0 aliphatic carbocycles. The molecule has 6 heteroatoms. The van der Waals surface area contributed by atoms with Crippen molar-refractivity contribution >= 4 is 22.8 Å². The van der Waals surface area contributed by atoms with E-state index in [1.54, 1.807) is 0 Å². The number of benzene rings is 1. The molecule has 25 heavy (non-hydrogen) atoms. The van der Waals surface area contributed by atoms with Gasteiger partial charge in [0.2, 0.25) is 0 Å². The molecular formula is C19H28N2O4. The fourth-order valence-electron chi connectivity index (χ4n) is 2.50. The van der Waals surface area contributed by atoms with Crippen molar-refractivity contribution in [1.29, 1.82) is 0 Å². The highest BCUT2D eigenvalue weighted by molar-refractivity contribution is 5.84. The Balaban J connectivity index is 0.000000275. The van der Waals surface area contributed by atoms with Gasteiger partial charge in [-0.1, -0.05) is 50.8 Å². The topological polar surface area (TPSA) is 116 Å². The van der Waals surface area contributed by atoms with Crippen LogP contribution in [-0.2, 0) is 16.0 Å². The number of aliphatic carboxylic acids is 2. The minimum Gasteiger partial charge on any atom is -0.481 e. The van der Waals surface area contributed by atoms with E-state index in [9.17, 15) is 9.59 Å². The predicted molar refractivity (Wildman–Crippen MR) is 98.6 cm³/mol. The summed E-state index contributed by atoms with van der Waals surface area (Å²) in [6.45, 7) is 2.15. The van der Waals surface area contributed by atoms with Gasteiger partial charge in [0.25, 0.3) is 0 Å². The van der Waals surface area contributed by atoms with Crippen LogP contribution in [0.5, 0.6) is 0 Å². The molecule has 0 bridgehead atoms. The first-order valence-corrected chi connectivity index (χ1v) is 8.70. The molecule has 1 aromatic carbocycles. The monoisotopic (exact) mass is 348 g/mol. The molecule has 138 valence electrons. The maximum absolute atomic E-state index is 10.6. The summed E-state index contributed by atoms with van der Waals surface area (Å²) in [5, 5.41) is 18.0. The molecule has 5 N–H and O–H groups in total. The van der Waals surface area contributed by atoms with Crippen LogP contribution in [0.4, 0.5) is 0 Å². The molecule has 0 saturated heterocycles. The van der Waals surface area contributed by atoms with E-state index in [1.807, 2.05) is 30.5 Å². The van der Waals surface area contributed by atoms with Gasteiger partial charge in [-0.2, -0.15) is 0 Å². The first-order chi connectivity index (χ1) is 12.0. The summed E-state index contributed by atoms with van der Waals surface area (Å²) >= 11 is 0. The number of hydrogen-bond donors (Lipinski definition) is 4.